The van der Waals surface area contributed by atoms with Crippen LogP contribution in [0, 0.1) is 5.92 Å². The van der Waals surface area contributed by atoms with Gasteiger partial charge in [-0.05, 0) is 19.3 Å². The Bertz CT molecular complexity index is 172. The number of nitrogens with two attached hydrogens (primary N) is 1. The topological polar surface area (TPSA) is 75.4 Å². The van der Waals surface area contributed by atoms with Gasteiger partial charge in [0.2, 0.25) is 5.91 Å². The summed E-state index contributed by atoms with van der Waals surface area (Å²) in [7, 11) is 0. The van der Waals surface area contributed by atoms with Crippen molar-refractivity contribution in [2.24, 2.45) is 11.7 Å². The molecule has 0 aromatic carbocycles. The fraction of sp³-hybridized carbons (Fsp3) is 0.900. The van der Waals surface area contributed by atoms with Crippen LogP contribution in [0.3, 0.4) is 0 Å². The molecule has 0 saturated heterocycles. The number of nitrogens with one attached hydrogen (secondary N) is 1. The molecule has 4 nitrogen and oxygen atoms in total. The summed E-state index contributed by atoms with van der Waals surface area (Å²) in [5.74, 6) is 0.0709. The van der Waals surface area contributed by atoms with Gasteiger partial charge in [0, 0.05) is 6.54 Å². The van der Waals surface area contributed by atoms with Gasteiger partial charge < -0.3 is 16.2 Å². The third-order valence-corrected chi connectivity index (χ3v) is 2.42. The standard InChI is InChI=1S/C10H22N2O2/c1-4-7(2)9(11)10(14)12-6-5-8(3)13/h7-9,13H,4-6,11H2,1-3H3,(H,12,14). The second-order valence-corrected chi connectivity index (χ2v) is 3.84. The van der Waals surface area contributed by atoms with Crippen LogP contribution in [0.25, 0.3) is 0 Å². The van der Waals surface area contributed by atoms with Crippen molar-refractivity contribution in [2.75, 3.05) is 6.54 Å². The van der Waals surface area contributed by atoms with E-state index in [0.717, 1.165) is 6.42 Å². The first kappa shape index (κ1) is 13.4. The van der Waals surface area contributed by atoms with E-state index in [1.54, 1.807) is 6.92 Å². The van der Waals surface area contributed by atoms with Gasteiger partial charge in [-0.15, -0.1) is 0 Å². The second kappa shape index (κ2) is 6.79. The number of carbonyl (C=O) groups is 1. The van der Waals surface area contributed by atoms with E-state index in [4.69, 9.17) is 10.8 Å². The average molecular weight is 202 g/mol. The smallest absolute Gasteiger partial charge is 0.237 e. The van der Waals surface area contributed by atoms with E-state index in [0.29, 0.717) is 13.0 Å². The first-order valence-electron chi connectivity index (χ1n) is 5.20. The fourth-order valence-corrected chi connectivity index (χ4v) is 1.03. The van der Waals surface area contributed by atoms with E-state index >= 15 is 0 Å². The zero-order valence-corrected chi connectivity index (χ0v) is 9.29. The van der Waals surface area contributed by atoms with E-state index in [2.05, 4.69) is 5.32 Å². The first-order valence-corrected chi connectivity index (χ1v) is 5.20. The second-order valence-electron chi connectivity index (χ2n) is 3.84. The molecule has 0 aliphatic rings. The molecule has 4 N–H and O–H groups in total. The predicted molar refractivity (Wildman–Crippen MR) is 56.7 cm³/mol. The van der Waals surface area contributed by atoms with Crippen molar-refractivity contribution < 1.29 is 9.90 Å². The maximum atomic E-state index is 11.4. The van der Waals surface area contributed by atoms with Crippen LogP contribution in [0.1, 0.15) is 33.6 Å². The number of carbonyl (C=O) groups excluding carboxylic acids is 1. The number of hydrogen-bond donors (Lipinski definition) is 3. The summed E-state index contributed by atoms with van der Waals surface area (Å²) in [5, 5.41) is 11.7. The number of aliphatic hydroxyl groups is 1. The molecule has 0 heterocycles. The van der Waals surface area contributed by atoms with E-state index < -0.39 is 6.04 Å². The monoisotopic (exact) mass is 202 g/mol. The lowest BCUT2D eigenvalue weighted by Gasteiger charge is -2.17. The van der Waals surface area contributed by atoms with Crippen molar-refractivity contribution in [2.45, 2.75) is 45.8 Å². The van der Waals surface area contributed by atoms with Gasteiger partial charge in [-0.1, -0.05) is 20.3 Å². The van der Waals surface area contributed by atoms with Gasteiger partial charge in [0.25, 0.3) is 0 Å². The molecular formula is C10H22N2O2. The Balaban J connectivity index is 3.73. The third-order valence-electron chi connectivity index (χ3n) is 2.42. The Labute approximate surface area is 85.9 Å². The quantitative estimate of drug-likeness (QED) is 0.578. The van der Waals surface area contributed by atoms with Crippen LogP contribution >= 0.6 is 0 Å². The third kappa shape index (κ3) is 5.19. The molecule has 0 fully saturated rings. The number of hydrogen-bond acceptors (Lipinski definition) is 3. The van der Waals surface area contributed by atoms with Crippen molar-refractivity contribution in [1.29, 1.82) is 0 Å². The average Bonchev–Trinajstić information content (AvgIpc) is 2.14. The lowest BCUT2D eigenvalue weighted by atomic mass is 9.99. The number of rotatable bonds is 6. The Hall–Kier alpha value is -0.610. The molecule has 3 unspecified atom stereocenters. The van der Waals surface area contributed by atoms with E-state index in [1.165, 1.54) is 0 Å². The van der Waals surface area contributed by atoms with Crippen molar-refractivity contribution in [1.82, 2.24) is 5.32 Å². The highest BCUT2D eigenvalue weighted by molar-refractivity contribution is 5.81. The molecule has 84 valence electrons. The Kier molecular flexibility index (Phi) is 6.49. The molecule has 0 rings (SSSR count). The van der Waals surface area contributed by atoms with Gasteiger partial charge >= 0.3 is 0 Å². The lowest BCUT2D eigenvalue weighted by Crippen LogP contribution is -2.45. The number of aliphatic hydroxyl groups excluding tert-OH is 1. The molecular weight excluding hydrogens is 180 g/mol. The molecule has 0 bridgehead atoms. The van der Waals surface area contributed by atoms with Crippen LogP contribution in [0.5, 0.6) is 0 Å². The normalized spacial score (nSPS) is 17.2. The molecule has 0 aliphatic carbocycles. The van der Waals surface area contributed by atoms with Crippen LogP contribution in [-0.4, -0.2) is 29.7 Å². The first-order chi connectivity index (χ1) is 6.49. The highest BCUT2D eigenvalue weighted by Gasteiger charge is 2.18. The van der Waals surface area contributed by atoms with E-state index in [-0.39, 0.29) is 17.9 Å². The minimum Gasteiger partial charge on any atom is -0.393 e. The Morgan fingerprint density at radius 1 is 1.50 bits per heavy atom. The summed E-state index contributed by atoms with van der Waals surface area (Å²) in [6.07, 6.45) is 1.08. The van der Waals surface area contributed by atoms with Crippen LogP contribution < -0.4 is 11.1 Å². The molecule has 14 heavy (non-hydrogen) atoms. The molecule has 4 heteroatoms. The van der Waals surface area contributed by atoms with Crippen molar-refractivity contribution in [3.05, 3.63) is 0 Å². The molecule has 1 amide bonds. The van der Waals surface area contributed by atoms with Crippen LogP contribution in [0.2, 0.25) is 0 Å². The summed E-state index contributed by atoms with van der Waals surface area (Å²) in [5.41, 5.74) is 5.71. The van der Waals surface area contributed by atoms with Gasteiger partial charge in [-0.3, -0.25) is 4.79 Å². The summed E-state index contributed by atoms with van der Waals surface area (Å²) >= 11 is 0. The van der Waals surface area contributed by atoms with Gasteiger partial charge in [-0.2, -0.15) is 0 Å². The predicted octanol–water partition coefficient (Wildman–Crippen LogP) is 0.247. The Morgan fingerprint density at radius 2 is 2.07 bits per heavy atom. The van der Waals surface area contributed by atoms with Crippen molar-refractivity contribution in [3.8, 4) is 0 Å². The molecule has 0 aromatic rings. The summed E-state index contributed by atoms with van der Waals surface area (Å²) in [6.45, 7) is 6.15. The van der Waals surface area contributed by atoms with Crippen LogP contribution in [0.15, 0.2) is 0 Å². The maximum absolute atomic E-state index is 11.4. The molecule has 0 spiro atoms. The highest BCUT2D eigenvalue weighted by Crippen LogP contribution is 2.04. The lowest BCUT2D eigenvalue weighted by molar-refractivity contribution is -0.123. The molecule has 0 aliphatic heterocycles. The fourth-order valence-electron chi connectivity index (χ4n) is 1.03. The zero-order valence-electron chi connectivity index (χ0n) is 9.29. The SMILES string of the molecule is CCC(C)C(N)C(=O)NCCC(C)O. The highest BCUT2D eigenvalue weighted by atomic mass is 16.3. The summed E-state index contributed by atoms with van der Waals surface area (Å²) in [4.78, 5) is 11.4. The molecule has 0 saturated carbocycles. The Morgan fingerprint density at radius 3 is 2.50 bits per heavy atom. The van der Waals surface area contributed by atoms with Gasteiger partial charge in [-0.25, -0.2) is 0 Å². The van der Waals surface area contributed by atoms with Crippen molar-refractivity contribution >= 4 is 5.91 Å². The van der Waals surface area contributed by atoms with Gasteiger partial charge in [0.15, 0.2) is 0 Å². The minimum atomic E-state index is -0.436. The zero-order chi connectivity index (χ0) is 11.1. The molecule has 3 atom stereocenters. The van der Waals surface area contributed by atoms with Crippen LogP contribution in [-0.2, 0) is 4.79 Å². The number of amides is 1. The summed E-state index contributed by atoms with van der Waals surface area (Å²) in [6, 6.07) is -0.436. The van der Waals surface area contributed by atoms with Crippen LogP contribution in [0.4, 0.5) is 0 Å². The van der Waals surface area contributed by atoms with Gasteiger partial charge in [0.05, 0.1) is 12.1 Å². The molecule has 0 aromatic heterocycles. The largest absolute Gasteiger partial charge is 0.393 e. The van der Waals surface area contributed by atoms with E-state index in [1.807, 2.05) is 13.8 Å². The molecule has 0 radical (unpaired) electrons. The van der Waals surface area contributed by atoms with E-state index in [9.17, 15) is 4.79 Å². The maximum Gasteiger partial charge on any atom is 0.237 e. The van der Waals surface area contributed by atoms with Crippen molar-refractivity contribution in [3.63, 3.8) is 0 Å². The van der Waals surface area contributed by atoms with Gasteiger partial charge in [0.1, 0.15) is 0 Å². The minimum absolute atomic E-state index is 0.125. The summed E-state index contributed by atoms with van der Waals surface area (Å²) < 4.78 is 0.